The number of pyridine rings is 1. The van der Waals surface area contributed by atoms with Crippen LogP contribution in [0.4, 0.5) is 5.69 Å². The van der Waals surface area contributed by atoms with E-state index in [1.807, 2.05) is 0 Å². The number of nitrogens with one attached hydrogen (secondary N) is 1. The van der Waals surface area contributed by atoms with Gasteiger partial charge in [0.15, 0.2) is 0 Å². The Balaban J connectivity index is 1.86. The van der Waals surface area contributed by atoms with E-state index in [0.29, 0.717) is 23.2 Å². The lowest BCUT2D eigenvalue weighted by atomic mass is 10.1. The Morgan fingerprint density at radius 1 is 1.56 bits per heavy atom. The maximum atomic E-state index is 11.6. The molecule has 0 saturated heterocycles. The number of hydrogen-bond donors (Lipinski definition) is 1. The molecule has 1 aliphatic carbocycles. The highest BCUT2D eigenvalue weighted by molar-refractivity contribution is 6.29. The summed E-state index contributed by atoms with van der Waals surface area (Å²) in [5.41, 5.74) is 0.691. The lowest BCUT2D eigenvalue weighted by Gasteiger charge is -2.08. The number of anilines is 1. The first-order chi connectivity index (χ1) is 7.74. The molecule has 2 rings (SSSR count). The summed E-state index contributed by atoms with van der Waals surface area (Å²) in [6, 6.07) is 3.41. The maximum absolute atomic E-state index is 11.6. The van der Waals surface area contributed by atoms with Gasteiger partial charge < -0.3 is 5.32 Å². The predicted molar refractivity (Wildman–Crippen MR) is 64.4 cm³/mol. The van der Waals surface area contributed by atoms with E-state index in [4.69, 9.17) is 11.6 Å². The first kappa shape index (κ1) is 11.1. The highest BCUT2D eigenvalue weighted by Crippen LogP contribution is 2.21. The molecule has 1 aliphatic rings. The van der Waals surface area contributed by atoms with E-state index in [2.05, 4.69) is 22.5 Å². The summed E-state index contributed by atoms with van der Waals surface area (Å²) >= 11 is 5.65. The van der Waals surface area contributed by atoms with Crippen LogP contribution in [-0.2, 0) is 4.79 Å². The molecule has 0 fully saturated rings. The lowest BCUT2D eigenvalue weighted by Crippen LogP contribution is -2.14. The van der Waals surface area contributed by atoms with Crippen molar-refractivity contribution >= 4 is 23.2 Å². The van der Waals surface area contributed by atoms with Crippen LogP contribution in [-0.4, -0.2) is 10.9 Å². The van der Waals surface area contributed by atoms with Crippen LogP contribution >= 0.6 is 11.6 Å². The molecule has 0 bridgehead atoms. The Kier molecular flexibility index (Phi) is 3.57. The van der Waals surface area contributed by atoms with Gasteiger partial charge in [0.25, 0.3) is 0 Å². The minimum Gasteiger partial charge on any atom is -0.325 e. The van der Waals surface area contributed by atoms with Crippen LogP contribution in [0.5, 0.6) is 0 Å². The Hall–Kier alpha value is -1.35. The summed E-state index contributed by atoms with van der Waals surface area (Å²) < 4.78 is 0. The molecular weight excluding hydrogens is 224 g/mol. The van der Waals surface area contributed by atoms with E-state index in [9.17, 15) is 4.79 Å². The molecule has 0 spiro atoms. The number of carbonyl (C=O) groups excluding carboxylic acids is 1. The second kappa shape index (κ2) is 5.12. The molecule has 16 heavy (non-hydrogen) atoms. The van der Waals surface area contributed by atoms with Gasteiger partial charge in [0.2, 0.25) is 5.91 Å². The quantitative estimate of drug-likeness (QED) is 0.648. The molecule has 1 aromatic heterocycles. The summed E-state index contributed by atoms with van der Waals surface area (Å²) in [6.45, 7) is 0. The zero-order chi connectivity index (χ0) is 11.4. The second-order valence-electron chi connectivity index (χ2n) is 3.89. The molecule has 84 valence electrons. The van der Waals surface area contributed by atoms with Gasteiger partial charge in [0, 0.05) is 6.42 Å². The van der Waals surface area contributed by atoms with Crippen molar-refractivity contribution in [3.05, 3.63) is 35.6 Å². The molecule has 1 aromatic rings. The van der Waals surface area contributed by atoms with E-state index in [1.165, 1.54) is 0 Å². The molecule has 0 unspecified atom stereocenters. The third-order valence-corrected chi connectivity index (χ3v) is 2.79. The number of aromatic nitrogens is 1. The maximum Gasteiger partial charge on any atom is 0.225 e. The van der Waals surface area contributed by atoms with Crippen LogP contribution in [0.2, 0.25) is 5.15 Å². The van der Waals surface area contributed by atoms with Gasteiger partial charge in [-0.2, -0.15) is 0 Å². The van der Waals surface area contributed by atoms with Crippen molar-refractivity contribution in [2.75, 3.05) is 5.32 Å². The summed E-state index contributed by atoms with van der Waals surface area (Å²) in [4.78, 5) is 15.5. The average Bonchev–Trinajstić information content (AvgIpc) is 2.74. The third-order valence-electron chi connectivity index (χ3n) is 2.57. The predicted octanol–water partition coefficient (Wildman–Crippen LogP) is 3.03. The first-order valence-electron chi connectivity index (χ1n) is 5.32. The van der Waals surface area contributed by atoms with Gasteiger partial charge in [-0.25, -0.2) is 4.98 Å². The van der Waals surface area contributed by atoms with Gasteiger partial charge in [-0.05, 0) is 30.9 Å². The van der Waals surface area contributed by atoms with Gasteiger partial charge in [-0.3, -0.25) is 4.79 Å². The largest absolute Gasteiger partial charge is 0.325 e. The number of allylic oxidation sites excluding steroid dienone is 2. The molecule has 1 atom stereocenters. The average molecular weight is 237 g/mol. The van der Waals surface area contributed by atoms with E-state index in [1.54, 1.807) is 18.3 Å². The molecule has 0 radical (unpaired) electrons. The van der Waals surface area contributed by atoms with Crippen LogP contribution in [0.25, 0.3) is 0 Å². The fourth-order valence-electron chi connectivity index (χ4n) is 1.77. The van der Waals surface area contributed by atoms with Crippen LogP contribution in [0.1, 0.15) is 19.3 Å². The van der Waals surface area contributed by atoms with E-state index < -0.39 is 0 Å². The van der Waals surface area contributed by atoms with Gasteiger partial charge >= 0.3 is 0 Å². The van der Waals surface area contributed by atoms with Crippen molar-refractivity contribution in [3.63, 3.8) is 0 Å². The number of halogens is 1. The van der Waals surface area contributed by atoms with Crippen molar-refractivity contribution in [1.29, 1.82) is 0 Å². The SMILES string of the molecule is O=C(C[C@H]1C=CCC1)Nc1ccc(Cl)nc1. The summed E-state index contributed by atoms with van der Waals surface area (Å²) in [5, 5.41) is 3.23. The van der Waals surface area contributed by atoms with Crippen molar-refractivity contribution in [1.82, 2.24) is 4.98 Å². The van der Waals surface area contributed by atoms with Gasteiger partial charge in [0.1, 0.15) is 5.15 Å². The fourth-order valence-corrected chi connectivity index (χ4v) is 1.88. The number of amides is 1. The molecule has 0 saturated carbocycles. The minimum atomic E-state index is 0.0284. The van der Waals surface area contributed by atoms with Crippen LogP contribution in [0.15, 0.2) is 30.5 Å². The minimum absolute atomic E-state index is 0.0284. The number of rotatable bonds is 3. The van der Waals surface area contributed by atoms with Gasteiger partial charge in [-0.1, -0.05) is 23.8 Å². The molecule has 1 heterocycles. The molecular formula is C12H13ClN2O. The monoisotopic (exact) mass is 236 g/mol. The van der Waals surface area contributed by atoms with Crippen molar-refractivity contribution in [3.8, 4) is 0 Å². The molecule has 3 nitrogen and oxygen atoms in total. The Morgan fingerprint density at radius 2 is 2.44 bits per heavy atom. The van der Waals surface area contributed by atoms with E-state index in [0.717, 1.165) is 12.8 Å². The Bertz CT molecular complexity index is 400. The highest BCUT2D eigenvalue weighted by Gasteiger charge is 2.13. The second-order valence-corrected chi connectivity index (χ2v) is 4.27. The number of nitrogens with zero attached hydrogens (tertiary/aromatic N) is 1. The van der Waals surface area contributed by atoms with E-state index in [-0.39, 0.29) is 5.91 Å². The molecule has 4 heteroatoms. The summed E-state index contributed by atoms with van der Waals surface area (Å²) in [7, 11) is 0. The van der Waals surface area contributed by atoms with Gasteiger partial charge in [-0.15, -0.1) is 0 Å². The zero-order valence-electron chi connectivity index (χ0n) is 8.82. The van der Waals surface area contributed by atoms with Gasteiger partial charge in [0.05, 0.1) is 11.9 Å². The molecule has 1 amide bonds. The summed E-state index contributed by atoms with van der Waals surface area (Å²) in [6.07, 6.45) is 8.50. The highest BCUT2D eigenvalue weighted by atomic mass is 35.5. The normalized spacial score (nSPS) is 18.7. The first-order valence-corrected chi connectivity index (χ1v) is 5.70. The third kappa shape index (κ3) is 3.07. The van der Waals surface area contributed by atoms with Crippen LogP contribution < -0.4 is 5.32 Å². The smallest absolute Gasteiger partial charge is 0.225 e. The van der Waals surface area contributed by atoms with Crippen molar-refractivity contribution < 1.29 is 4.79 Å². The topological polar surface area (TPSA) is 42.0 Å². The zero-order valence-corrected chi connectivity index (χ0v) is 9.57. The molecule has 1 N–H and O–H groups in total. The van der Waals surface area contributed by atoms with E-state index >= 15 is 0 Å². The van der Waals surface area contributed by atoms with Crippen molar-refractivity contribution in [2.45, 2.75) is 19.3 Å². The lowest BCUT2D eigenvalue weighted by molar-refractivity contribution is -0.116. The van der Waals surface area contributed by atoms with Crippen LogP contribution in [0.3, 0.4) is 0 Å². The standard InChI is InChI=1S/C12H13ClN2O/c13-11-6-5-10(8-14-11)15-12(16)7-9-3-1-2-4-9/h1,3,5-6,8-9H,2,4,7H2,(H,15,16)/t9-/m0/s1. The molecule has 0 aliphatic heterocycles. The molecule has 0 aromatic carbocycles. The Labute approximate surface area is 99.5 Å². The Morgan fingerprint density at radius 3 is 3.06 bits per heavy atom. The summed E-state index contributed by atoms with van der Waals surface area (Å²) in [5.74, 6) is 0.418. The van der Waals surface area contributed by atoms with Crippen molar-refractivity contribution in [2.24, 2.45) is 5.92 Å². The number of carbonyl (C=O) groups is 1. The fraction of sp³-hybridized carbons (Fsp3) is 0.333. The van der Waals surface area contributed by atoms with Crippen LogP contribution in [0, 0.1) is 5.92 Å². The number of hydrogen-bond acceptors (Lipinski definition) is 2.